The normalized spacial score (nSPS) is 13.3. The van der Waals surface area contributed by atoms with Gasteiger partial charge in [-0.2, -0.15) is 5.10 Å². The molecule has 8 nitrogen and oxygen atoms in total. The van der Waals surface area contributed by atoms with Crippen LogP contribution >= 0.6 is 23.2 Å². The van der Waals surface area contributed by atoms with E-state index in [1.54, 1.807) is 40.7 Å². The van der Waals surface area contributed by atoms with Gasteiger partial charge in [-0.3, -0.25) is 4.68 Å². The van der Waals surface area contributed by atoms with Gasteiger partial charge in [0.1, 0.15) is 23.7 Å². The summed E-state index contributed by atoms with van der Waals surface area (Å²) in [5, 5.41) is 24.0. The van der Waals surface area contributed by atoms with Crippen LogP contribution in [0, 0.1) is 6.92 Å². The molecule has 5 aromatic rings. The van der Waals surface area contributed by atoms with Crippen molar-refractivity contribution in [3.8, 4) is 22.6 Å². The maximum absolute atomic E-state index is 11.5. The van der Waals surface area contributed by atoms with Crippen LogP contribution in [0.4, 0.5) is 0 Å². The summed E-state index contributed by atoms with van der Waals surface area (Å²) >= 11 is 12.9. The minimum Gasteiger partial charge on any atom is -0.487 e. The Morgan fingerprint density at radius 1 is 1.11 bits per heavy atom. The Labute approximate surface area is 228 Å². The van der Waals surface area contributed by atoms with Crippen LogP contribution in [0.3, 0.4) is 0 Å². The van der Waals surface area contributed by atoms with Crippen molar-refractivity contribution < 1.29 is 14.6 Å². The summed E-state index contributed by atoms with van der Waals surface area (Å²) in [6.07, 6.45) is 2.15. The summed E-state index contributed by atoms with van der Waals surface area (Å²) in [4.78, 5) is 11.5. The van der Waals surface area contributed by atoms with Crippen molar-refractivity contribution in [1.29, 1.82) is 0 Å². The highest BCUT2D eigenvalue weighted by Crippen LogP contribution is 2.42. The third-order valence-electron chi connectivity index (χ3n) is 6.85. The zero-order valence-electron chi connectivity index (χ0n) is 20.7. The number of para-hydroxylation sites is 1. The minimum absolute atomic E-state index is 0.0481. The first kappa shape index (κ1) is 24.5. The van der Waals surface area contributed by atoms with Gasteiger partial charge >= 0.3 is 5.97 Å². The van der Waals surface area contributed by atoms with Gasteiger partial charge in [0.05, 0.1) is 21.3 Å². The summed E-state index contributed by atoms with van der Waals surface area (Å²) in [5.41, 5.74) is 6.15. The van der Waals surface area contributed by atoms with Gasteiger partial charge in [-0.15, -0.1) is 5.10 Å². The maximum Gasteiger partial charge on any atom is 0.357 e. The summed E-state index contributed by atoms with van der Waals surface area (Å²) in [6.45, 7) is 2.28. The summed E-state index contributed by atoms with van der Waals surface area (Å²) in [6, 6.07) is 16.9. The molecule has 1 N–H and O–H groups in total. The van der Waals surface area contributed by atoms with E-state index in [0.717, 1.165) is 46.4 Å². The Kier molecular flexibility index (Phi) is 6.08. The van der Waals surface area contributed by atoms with Crippen LogP contribution in [0.25, 0.3) is 27.7 Å². The zero-order valence-corrected chi connectivity index (χ0v) is 22.2. The van der Waals surface area contributed by atoms with Gasteiger partial charge in [-0.1, -0.05) is 46.6 Å². The second-order valence-corrected chi connectivity index (χ2v) is 10.3. The van der Waals surface area contributed by atoms with Gasteiger partial charge in [0.2, 0.25) is 0 Å². The Morgan fingerprint density at radius 3 is 2.55 bits per heavy atom. The molecule has 0 unspecified atom stereocenters. The fourth-order valence-corrected chi connectivity index (χ4v) is 5.34. The van der Waals surface area contributed by atoms with Crippen LogP contribution < -0.4 is 4.74 Å². The number of hydrogen-bond acceptors (Lipinski definition) is 5. The molecule has 0 atom stereocenters. The second-order valence-electron chi connectivity index (χ2n) is 9.45. The van der Waals surface area contributed by atoms with E-state index in [0.29, 0.717) is 32.8 Å². The van der Waals surface area contributed by atoms with E-state index in [2.05, 4.69) is 15.4 Å². The first-order chi connectivity index (χ1) is 18.3. The molecule has 6 rings (SSSR count). The van der Waals surface area contributed by atoms with Gasteiger partial charge in [0.25, 0.3) is 0 Å². The molecule has 0 bridgehead atoms. The number of aromatic nitrogens is 5. The predicted molar refractivity (Wildman–Crippen MR) is 146 cm³/mol. The molecule has 0 aliphatic heterocycles. The molecule has 0 radical (unpaired) electrons. The first-order valence-electron chi connectivity index (χ1n) is 12.1. The predicted octanol–water partition coefficient (Wildman–Crippen LogP) is 6.59. The summed E-state index contributed by atoms with van der Waals surface area (Å²) in [7, 11) is 1.74. The van der Waals surface area contributed by atoms with Crippen molar-refractivity contribution in [2.24, 2.45) is 7.05 Å². The Morgan fingerprint density at radius 2 is 1.87 bits per heavy atom. The fourth-order valence-electron chi connectivity index (χ4n) is 4.78. The van der Waals surface area contributed by atoms with Gasteiger partial charge in [0.15, 0.2) is 5.69 Å². The minimum atomic E-state index is -1.04. The van der Waals surface area contributed by atoms with E-state index in [1.807, 2.05) is 37.3 Å². The standard InChI is InChI=1S/C28H23Cl2N5O3/c1-15-12-18(9-11-19(15)17-8-10-20-23(13-17)34(2)32-26(20)28(36)37)38-14-24-25(16-6-7-16)31-33-35(24)27-21(29)4-3-5-22(27)30/h3-5,8-13,16H,6-7,14H2,1-2H3,(H,36,37). The number of aromatic carboxylic acids is 1. The van der Waals surface area contributed by atoms with Crippen molar-refractivity contribution in [3.05, 3.63) is 87.3 Å². The van der Waals surface area contributed by atoms with E-state index in [4.69, 9.17) is 27.9 Å². The smallest absolute Gasteiger partial charge is 0.357 e. The molecule has 3 aromatic carbocycles. The SMILES string of the molecule is Cc1cc(OCc2c(C3CC3)nnn2-c2c(Cl)cccc2Cl)ccc1-c1ccc2c(C(=O)O)nn(C)c2c1. The first-order valence-corrected chi connectivity index (χ1v) is 12.9. The lowest BCUT2D eigenvalue weighted by Gasteiger charge is -2.14. The Hall–Kier alpha value is -3.88. The fraction of sp³-hybridized carbons (Fsp3) is 0.214. The highest BCUT2D eigenvalue weighted by Gasteiger charge is 2.32. The second kappa shape index (κ2) is 9.45. The van der Waals surface area contributed by atoms with Crippen LogP contribution in [0.1, 0.15) is 46.2 Å². The molecule has 1 saturated carbocycles. The van der Waals surface area contributed by atoms with Crippen molar-refractivity contribution >= 4 is 40.1 Å². The van der Waals surface area contributed by atoms with Crippen molar-refractivity contribution in [1.82, 2.24) is 24.8 Å². The van der Waals surface area contributed by atoms with Crippen molar-refractivity contribution in [3.63, 3.8) is 0 Å². The van der Waals surface area contributed by atoms with Crippen LogP contribution in [0.5, 0.6) is 5.75 Å². The lowest BCUT2D eigenvalue weighted by Crippen LogP contribution is -2.08. The number of fused-ring (bicyclic) bond motifs is 1. The van der Waals surface area contributed by atoms with E-state index in [-0.39, 0.29) is 12.3 Å². The average Bonchev–Trinajstić information content (AvgIpc) is 3.57. The maximum atomic E-state index is 11.5. The van der Waals surface area contributed by atoms with Crippen molar-refractivity contribution in [2.45, 2.75) is 32.3 Å². The highest BCUT2D eigenvalue weighted by molar-refractivity contribution is 6.37. The third kappa shape index (κ3) is 4.29. The van der Waals surface area contributed by atoms with Crippen LogP contribution in [-0.2, 0) is 13.7 Å². The molecule has 0 amide bonds. The largest absolute Gasteiger partial charge is 0.487 e. The molecule has 0 spiro atoms. The van der Waals surface area contributed by atoms with E-state index < -0.39 is 5.97 Å². The number of nitrogens with zero attached hydrogens (tertiary/aromatic N) is 5. The molecule has 1 aliphatic rings. The molecule has 0 saturated heterocycles. The Bertz CT molecular complexity index is 1700. The third-order valence-corrected chi connectivity index (χ3v) is 7.46. The van der Waals surface area contributed by atoms with Crippen LogP contribution in [-0.4, -0.2) is 35.9 Å². The molecule has 10 heteroatoms. The van der Waals surface area contributed by atoms with Gasteiger partial charge in [0, 0.05) is 18.4 Å². The molecule has 38 heavy (non-hydrogen) atoms. The van der Waals surface area contributed by atoms with Gasteiger partial charge in [-0.05, 0) is 72.9 Å². The monoisotopic (exact) mass is 547 g/mol. The van der Waals surface area contributed by atoms with Gasteiger partial charge < -0.3 is 9.84 Å². The van der Waals surface area contributed by atoms with E-state index >= 15 is 0 Å². The number of carboxylic acid groups (broad SMARTS) is 1. The Balaban J connectivity index is 1.29. The summed E-state index contributed by atoms with van der Waals surface area (Å²) in [5.74, 6) is 0.0382. The highest BCUT2D eigenvalue weighted by atomic mass is 35.5. The lowest BCUT2D eigenvalue weighted by molar-refractivity contribution is 0.0691. The molecule has 192 valence electrons. The lowest BCUT2D eigenvalue weighted by atomic mass is 9.99. The van der Waals surface area contributed by atoms with E-state index in [9.17, 15) is 9.90 Å². The number of ether oxygens (including phenoxy) is 1. The van der Waals surface area contributed by atoms with Crippen LogP contribution in [0.15, 0.2) is 54.6 Å². The number of aryl methyl sites for hydroxylation is 2. The number of rotatable bonds is 7. The molecule has 1 fully saturated rings. The van der Waals surface area contributed by atoms with Gasteiger partial charge in [-0.25, -0.2) is 9.48 Å². The number of carbonyl (C=O) groups is 1. The number of carboxylic acids is 1. The molecule has 2 heterocycles. The number of halogens is 2. The topological polar surface area (TPSA) is 95.1 Å². The van der Waals surface area contributed by atoms with E-state index in [1.165, 1.54) is 0 Å². The number of hydrogen-bond donors (Lipinski definition) is 1. The molecular formula is C28H23Cl2N5O3. The average molecular weight is 548 g/mol. The number of benzene rings is 3. The zero-order chi connectivity index (χ0) is 26.6. The summed E-state index contributed by atoms with van der Waals surface area (Å²) < 4.78 is 9.52. The molecular weight excluding hydrogens is 525 g/mol. The van der Waals surface area contributed by atoms with Crippen molar-refractivity contribution in [2.75, 3.05) is 0 Å². The molecule has 2 aromatic heterocycles. The van der Waals surface area contributed by atoms with Crippen LogP contribution in [0.2, 0.25) is 10.0 Å². The quantitative estimate of drug-likeness (QED) is 0.247. The molecule has 1 aliphatic carbocycles.